The number of unbranched alkanes of at least 4 members (excludes halogenated alkanes) is 1. The lowest BCUT2D eigenvalue weighted by Crippen LogP contribution is -2.13. The van der Waals surface area contributed by atoms with Crippen molar-refractivity contribution >= 4 is 11.9 Å². The van der Waals surface area contributed by atoms with Gasteiger partial charge in [-0.15, -0.1) is 0 Å². The molecule has 0 saturated carbocycles. The Morgan fingerprint density at radius 1 is 1.40 bits per heavy atom. The maximum absolute atomic E-state index is 8.79. The molecular weight excluding hydrogens is 252 g/mol. The average molecular weight is 268 g/mol. The van der Waals surface area contributed by atoms with Crippen LogP contribution in [0.1, 0.15) is 25.3 Å². The normalized spacial score (nSPS) is 11.6. The topological polar surface area (TPSA) is 93.0 Å². The van der Waals surface area contributed by atoms with Crippen LogP contribution in [0.3, 0.4) is 0 Å². The summed E-state index contributed by atoms with van der Waals surface area (Å²) in [5.74, 6) is 0.789. The number of nitrogens with one attached hydrogen (secondary N) is 1. The fraction of sp³-hybridized carbons (Fsp3) is 0.333. The van der Waals surface area contributed by atoms with Crippen molar-refractivity contribution in [3.05, 3.63) is 29.8 Å². The van der Waals surface area contributed by atoms with Crippen molar-refractivity contribution in [2.75, 3.05) is 6.61 Å². The summed E-state index contributed by atoms with van der Waals surface area (Å²) in [6.07, 6.45) is 3.59. The van der Waals surface area contributed by atoms with E-state index >= 15 is 0 Å². The highest BCUT2D eigenvalue weighted by atomic mass is 16.5. The SMILES string of the molecule is CCCCOc1ccc(C=N[C@H](C#N)C(=N)C#N)cc1. The third kappa shape index (κ3) is 4.91. The molecule has 0 spiro atoms. The molecule has 0 amide bonds. The van der Waals surface area contributed by atoms with E-state index in [1.165, 1.54) is 6.21 Å². The number of aliphatic imine (C=N–C) groups is 1. The number of hydrogen-bond donors (Lipinski definition) is 1. The molecule has 1 N–H and O–H groups in total. The Hall–Kier alpha value is -2.66. The second kappa shape index (κ2) is 8.44. The van der Waals surface area contributed by atoms with Crippen LogP contribution in [0.25, 0.3) is 0 Å². The third-order valence-electron chi connectivity index (χ3n) is 2.54. The maximum Gasteiger partial charge on any atom is 0.187 e. The standard InChI is InChI=1S/C15H16N4O/c1-2-3-8-20-13-6-4-12(5-7-13)11-19-15(10-17)14(18)9-16/h4-7,11,15,18H,2-3,8H2,1H3/t15-/m1/s1. The quantitative estimate of drug-likeness (QED) is 0.608. The van der Waals surface area contributed by atoms with Gasteiger partial charge in [0.2, 0.25) is 0 Å². The van der Waals surface area contributed by atoms with Crippen molar-refractivity contribution in [2.45, 2.75) is 25.8 Å². The third-order valence-corrected chi connectivity index (χ3v) is 2.54. The van der Waals surface area contributed by atoms with E-state index in [4.69, 9.17) is 20.7 Å². The van der Waals surface area contributed by atoms with Gasteiger partial charge in [0, 0.05) is 6.21 Å². The molecule has 0 saturated heterocycles. The molecule has 0 aromatic heterocycles. The first kappa shape index (κ1) is 15.4. The largest absolute Gasteiger partial charge is 0.494 e. The van der Waals surface area contributed by atoms with Gasteiger partial charge in [-0.3, -0.25) is 10.4 Å². The molecule has 0 heterocycles. The molecular formula is C15H16N4O. The lowest BCUT2D eigenvalue weighted by atomic mass is 10.2. The molecule has 5 heteroatoms. The van der Waals surface area contributed by atoms with Crippen molar-refractivity contribution in [1.29, 1.82) is 15.9 Å². The van der Waals surface area contributed by atoms with Gasteiger partial charge in [0.1, 0.15) is 17.5 Å². The maximum atomic E-state index is 8.79. The van der Waals surface area contributed by atoms with Crippen LogP contribution in [0.15, 0.2) is 29.3 Å². The molecule has 20 heavy (non-hydrogen) atoms. The minimum atomic E-state index is -1.04. The van der Waals surface area contributed by atoms with Gasteiger partial charge in [-0.05, 0) is 36.2 Å². The second-order valence-corrected chi connectivity index (χ2v) is 4.11. The van der Waals surface area contributed by atoms with Crippen LogP contribution >= 0.6 is 0 Å². The lowest BCUT2D eigenvalue weighted by molar-refractivity contribution is 0.309. The summed E-state index contributed by atoms with van der Waals surface area (Å²) in [6.45, 7) is 2.80. The first-order valence-electron chi connectivity index (χ1n) is 6.35. The van der Waals surface area contributed by atoms with E-state index in [2.05, 4.69) is 11.9 Å². The molecule has 1 rings (SSSR count). The fourth-order valence-corrected chi connectivity index (χ4v) is 1.38. The van der Waals surface area contributed by atoms with Gasteiger partial charge < -0.3 is 4.74 Å². The summed E-state index contributed by atoms with van der Waals surface area (Å²) in [4.78, 5) is 3.91. The van der Waals surface area contributed by atoms with Gasteiger partial charge in [0.15, 0.2) is 6.04 Å². The highest BCUT2D eigenvalue weighted by Crippen LogP contribution is 2.11. The van der Waals surface area contributed by atoms with Crippen LogP contribution in [0.5, 0.6) is 5.75 Å². The van der Waals surface area contributed by atoms with Crippen LogP contribution < -0.4 is 4.74 Å². The minimum absolute atomic E-state index is 0.358. The molecule has 1 atom stereocenters. The predicted octanol–water partition coefficient (Wildman–Crippen LogP) is 2.72. The van der Waals surface area contributed by atoms with Gasteiger partial charge in [-0.25, -0.2) is 0 Å². The van der Waals surface area contributed by atoms with Crippen molar-refractivity contribution < 1.29 is 4.74 Å². The lowest BCUT2D eigenvalue weighted by Gasteiger charge is -2.05. The molecule has 0 aliphatic rings. The van der Waals surface area contributed by atoms with Gasteiger partial charge in [0.25, 0.3) is 0 Å². The number of nitriles is 2. The first-order valence-corrected chi connectivity index (χ1v) is 6.35. The van der Waals surface area contributed by atoms with E-state index in [9.17, 15) is 0 Å². The Morgan fingerprint density at radius 2 is 2.10 bits per heavy atom. The smallest absolute Gasteiger partial charge is 0.187 e. The molecule has 0 radical (unpaired) electrons. The van der Waals surface area contributed by atoms with E-state index in [1.54, 1.807) is 12.1 Å². The van der Waals surface area contributed by atoms with Crippen molar-refractivity contribution in [3.63, 3.8) is 0 Å². The summed E-state index contributed by atoms with van der Waals surface area (Å²) in [5, 5.41) is 24.6. The van der Waals surface area contributed by atoms with Crippen LogP contribution in [0, 0.1) is 28.1 Å². The molecule has 0 bridgehead atoms. The molecule has 102 valence electrons. The van der Waals surface area contributed by atoms with Gasteiger partial charge in [0.05, 0.1) is 12.7 Å². The van der Waals surface area contributed by atoms with Gasteiger partial charge in [-0.1, -0.05) is 13.3 Å². The van der Waals surface area contributed by atoms with Gasteiger partial charge in [-0.2, -0.15) is 10.5 Å². The Labute approximate surface area is 118 Å². The molecule has 0 aliphatic heterocycles. The average Bonchev–Trinajstić information content (AvgIpc) is 2.49. The van der Waals surface area contributed by atoms with E-state index in [0.29, 0.717) is 6.61 Å². The van der Waals surface area contributed by atoms with Crippen LogP contribution in [-0.2, 0) is 0 Å². The van der Waals surface area contributed by atoms with E-state index in [1.807, 2.05) is 24.3 Å². The first-order chi connectivity index (χ1) is 9.71. The highest BCUT2D eigenvalue weighted by molar-refractivity contribution is 6.03. The highest BCUT2D eigenvalue weighted by Gasteiger charge is 2.09. The number of hydrogen-bond acceptors (Lipinski definition) is 5. The number of benzene rings is 1. The van der Waals surface area contributed by atoms with E-state index in [-0.39, 0.29) is 5.71 Å². The zero-order valence-electron chi connectivity index (χ0n) is 11.3. The van der Waals surface area contributed by atoms with Crippen molar-refractivity contribution in [3.8, 4) is 17.9 Å². The molecule has 1 aromatic rings. The van der Waals surface area contributed by atoms with Crippen LogP contribution in [-0.4, -0.2) is 24.6 Å². The molecule has 0 fully saturated rings. The second-order valence-electron chi connectivity index (χ2n) is 4.11. The Balaban J connectivity index is 2.63. The van der Waals surface area contributed by atoms with Crippen LogP contribution in [0.2, 0.25) is 0 Å². The predicted molar refractivity (Wildman–Crippen MR) is 77.2 cm³/mol. The molecule has 0 aliphatic carbocycles. The summed E-state index contributed by atoms with van der Waals surface area (Å²) in [7, 11) is 0. The molecule has 1 aromatic carbocycles. The summed E-state index contributed by atoms with van der Waals surface area (Å²) in [5.41, 5.74) is 0.433. The monoisotopic (exact) mass is 268 g/mol. The minimum Gasteiger partial charge on any atom is -0.494 e. The summed E-state index contributed by atoms with van der Waals surface area (Å²) in [6, 6.07) is 9.66. The number of rotatable bonds is 7. The van der Waals surface area contributed by atoms with Gasteiger partial charge >= 0.3 is 0 Å². The fourth-order valence-electron chi connectivity index (χ4n) is 1.38. The Kier molecular flexibility index (Phi) is 6.50. The Morgan fingerprint density at radius 3 is 2.65 bits per heavy atom. The number of ether oxygens (including phenoxy) is 1. The van der Waals surface area contributed by atoms with Crippen molar-refractivity contribution in [2.24, 2.45) is 4.99 Å². The zero-order valence-corrected chi connectivity index (χ0v) is 11.3. The number of nitrogens with zero attached hydrogens (tertiary/aromatic N) is 3. The summed E-state index contributed by atoms with van der Waals surface area (Å²) < 4.78 is 5.53. The van der Waals surface area contributed by atoms with Crippen LogP contribution in [0.4, 0.5) is 0 Å². The van der Waals surface area contributed by atoms with E-state index in [0.717, 1.165) is 24.2 Å². The van der Waals surface area contributed by atoms with Crippen molar-refractivity contribution in [1.82, 2.24) is 0 Å². The Bertz CT molecular complexity index is 549. The zero-order chi connectivity index (χ0) is 14.8. The summed E-state index contributed by atoms with van der Waals surface area (Å²) >= 11 is 0. The molecule has 5 nitrogen and oxygen atoms in total. The molecule has 0 unspecified atom stereocenters. The van der Waals surface area contributed by atoms with E-state index < -0.39 is 6.04 Å².